The van der Waals surface area contributed by atoms with E-state index in [1.165, 1.54) is 0 Å². The van der Waals surface area contributed by atoms with Crippen LogP contribution in [0.1, 0.15) is 51.8 Å². The van der Waals surface area contributed by atoms with Gasteiger partial charge in [-0.3, -0.25) is 4.79 Å². The zero-order valence-corrected chi connectivity index (χ0v) is 12.4. The Morgan fingerprint density at radius 2 is 2.05 bits per heavy atom. The second-order valence-electron chi connectivity index (χ2n) is 5.40. The highest BCUT2D eigenvalue weighted by molar-refractivity contribution is 5.71. The molecule has 1 saturated carbocycles. The van der Waals surface area contributed by atoms with Crippen molar-refractivity contribution < 1.29 is 14.4 Å². The van der Waals surface area contributed by atoms with E-state index < -0.39 is 11.9 Å². The third kappa shape index (κ3) is 2.78. The second-order valence-corrected chi connectivity index (χ2v) is 5.40. The highest BCUT2D eigenvalue weighted by Gasteiger charge is 2.42. The molecule has 1 aromatic rings. The molecule has 1 aliphatic rings. The van der Waals surface area contributed by atoms with Crippen LogP contribution in [0.15, 0.2) is 4.52 Å². The Hall–Kier alpha value is -1.59. The number of carboxylic acids is 1. The molecule has 112 valence electrons. The molecule has 1 fully saturated rings. The van der Waals surface area contributed by atoms with E-state index in [9.17, 15) is 9.90 Å². The van der Waals surface area contributed by atoms with E-state index in [2.05, 4.69) is 17.1 Å². The minimum Gasteiger partial charge on any atom is -0.481 e. The van der Waals surface area contributed by atoms with Crippen LogP contribution in [-0.4, -0.2) is 34.3 Å². The molecule has 1 heterocycles. The van der Waals surface area contributed by atoms with Gasteiger partial charge in [-0.1, -0.05) is 13.3 Å². The van der Waals surface area contributed by atoms with Gasteiger partial charge in [0, 0.05) is 13.1 Å². The summed E-state index contributed by atoms with van der Waals surface area (Å²) in [6.45, 7) is 7.77. The normalized spacial score (nSPS) is 25.9. The number of rotatable bonds is 6. The molecule has 3 atom stereocenters. The molecule has 20 heavy (non-hydrogen) atoms. The largest absolute Gasteiger partial charge is 0.481 e. The van der Waals surface area contributed by atoms with Gasteiger partial charge in [0.2, 0.25) is 5.89 Å². The lowest BCUT2D eigenvalue weighted by molar-refractivity contribution is -0.142. The van der Waals surface area contributed by atoms with Crippen LogP contribution in [0.2, 0.25) is 0 Å². The average molecular weight is 281 g/mol. The Bertz CT molecular complexity index is 456. The topological polar surface area (TPSA) is 79.5 Å². The number of hydrogen-bond acceptors (Lipinski definition) is 5. The Morgan fingerprint density at radius 1 is 1.35 bits per heavy atom. The van der Waals surface area contributed by atoms with Crippen molar-refractivity contribution in [2.24, 2.45) is 11.8 Å². The molecule has 0 saturated heterocycles. The summed E-state index contributed by atoms with van der Waals surface area (Å²) in [4.78, 5) is 17.8. The van der Waals surface area contributed by atoms with Crippen LogP contribution in [0.25, 0.3) is 0 Å². The SMILES string of the molecule is CCC1CC(C(=O)O)C(c2nc(N(CC)CC)no2)C1. The molecule has 0 radical (unpaired) electrons. The molecule has 0 bridgehead atoms. The van der Waals surface area contributed by atoms with Gasteiger partial charge in [0.1, 0.15) is 0 Å². The number of nitrogens with zero attached hydrogens (tertiary/aromatic N) is 3. The van der Waals surface area contributed by atoms with Crippen molar-refractivity contribution in [1.29, 1.82) is 0 Å². The van der Waals surface area contributed by atoms with E-state index in [1.807, 2.05) is 18.7 Å². The zero-order valence-electron chi connectivity index (χ0n) is 12.4. The molecule has 3 unspecified atom stereocenters. The van der Waals surface area contributed by atoms with E-state index in [0.29, 0.717) is 24.2 Å². The number of hydrogen-bond donors (Lipinski definition) is 1. The number of aromatic nitrogens is 2. The fourth-order valence-corrected chi connectivity index (χ4v) is 3.03. The van der Waals surface area contributed by atoms with Crippen molar-refractivity contribution >= 4 is 11.9 Å². The monoisotopic (exact) mass is 281 g/mol. The highest BCUT2D eigenvalue weighted by atomic mass is 16.5. The molecular weight excluding hydrogens is 258 g/mol. The fraction of sp³-hybridized carbons (Fsp3) is 0.786. The number of aliphatic carboxylic acids is 1. The van der Waals surface area contributed by atoms with E-state index >= 15 is 0 Å². The van der Waals surface area contributed by atoms with Crippen molar-refractivity contribution in [3.05, 3.63) is 5.89 Å². The first-order valence-electron chi connectivity index (χ1n) is 7.41. The third-order valence-electron chi connectivity index (χ3n) is 4.35. The first kappa shape index (κ1) is 14.8. The van der Waals surface area contributed by atoms with Gasteiger partial charge >= 0.3 is 5.97 Å². The maximum Gasteiger partial charge on any atom is 0.307 e. The van der Waals surface area contributed by atoms with Gasteiger partial charge < -0.3 is 14.5 Å². The zero-order chi connectivity index (χ0) is 14.7. The van der Waals surface area contributed by atoms with Crippen molar-refractivity contribution in [3.63, 3.8) is 0 Å². The van der Waals surface area contributed by atoms with E-state index in [1.54, 1.807) is 0 Å². The lowest BCUT2D eigenvalue weighted by Crippen LogP contribution is -2.23. The van der Waals surface area contributed by atoms with Crippen molar-refractivity contribution in [2.45, 2.75) is 46.0 Å². The van der Waals surface area contributed by atoms with Crippen LogP contribution in [0.4, 0.5) is 5.95 Å². The van der Waals surface area contributed by atoms with Crippen LogP contribution in [0.5, 0.6) is 0 Å². The Morgan fingerprint density at radius 3 is 2.60 bits per heavy atom. The van der Waals surface area contributed by atoms with Crippen LogP contribution in [-0.2, 0) is 4.79 Å². The van der Waals surface area contributed by atoms with Crippen molar-refractivity contribution in [1.82, 2.24) is 10.1 Å². The standard InChI is InChI=1S/C14H23N3O3/c1-4-9-7-10(11(8-9)13(18)19)12-15-14(16-20-12)17(5-2)6-3/h9-11H,4-8H2,1-3H3,(H,18,19). The Balaban J connectivity index is 2.19. The van der Waals surface area contributed by atoms with Gasteiger partial charge in [0.15, 0.2) is 0 Å². The first-order valence-corrected chi connectivity index (χ1v) is 7.41. The predicted octanol–water partition coefficient (Wildman–Crippen LogP) is 2.52. The van der Waals surface area contributed by atoms with Gasteiger partial charge in [-0.25, -0.2) is 0 Å². The lowest BCUT2D eigenvalue weighted by atomic mass is 9.96. The average Bonchev–Trinajstić information content (AvgIpc) is 3.06. The maximum atomic E-state index is 11.4. The molecule has 0 spiro atoms. The predicted molar refractivity (Wildman–Crippen MR) is 74.7 cm³/mol. The highest BCUT2D eigenvalue weighted by Crippen LogP contribution is 2.44. The van der Waals surface area contributed by atoms with Gasteiger partial charge in [0.05, 0.1) is 11.8 Å². The number of carboxylic acid groups (broad SMARTS) is 1. The molecule has 6 nitrogen and oxygen atoms in total. The summed E-state index contributed by atoms with van der Waals surface area (Å²) in [5, 5.41) is 13.4. The third-order valence-corrected chi connectivity index (χ3v) is 4.35. The van der Waals surface area contributed by atoms with Crippen LogP contribution in [0, 0.1) is 11.8 Å². The maximum absolute atomic E-state index is 11.4. The summed E-state index contributed by atoms with van der Waals surface area (Å²) in [7, 11) is 0. The quantitative estimate of drug-likeness (QED) is 0.863. The molecule has 1 aromatic heterocycles. The Labute approximate surface area is 119 Å². The van der Waals surface area contributed by atoms with Gasteiger partial charge in [-0.05, 0) is 37.8 Å². The summed E-state index contributed by atoms with van der Waals surface area (Å²) in [5.41, 5.74) is 0. The molecule has 1 aliphatic carbocycles. The summed E-state index contributed by atoms with van der Waals surface area (Å²) in [6.07, 6.45) is 2.53. The Kier molecular flexibility index (Phi) is 4.62. The number of anilines is 1. The minimum atomic E-state index is -0.756. The van der Waals surface area contributed by atoms with E-state index in [-0.39, 0.29) is 5.92 Å². The lowest BCUT2D eigenvalue weighted by Gasteiger charge is -2.14. The first-order chi connectivity index (χ1) is 9.60. The summed E-state index contributed by atoms with van der Waals surface area (Å²) in [6, 6.07) is 0. The number of carbonyl (C=O) groups is 1. The van der Waals surface area contributed by atoms with Crippen molar-refractivity contribution in [3.8, 4) is 0 Å². The molecular formula is C14H23N3O3. The van der Waals surface area contributed by atoms with Gasteiger partial charge in [-0.15, -0.1) is 0 Å². The van der Waals surface area contributed by atoms with E-state index in [0.717, 1.165) is 25.9 Å². The molecule has 0 aromatic carbocycles. The van der Waals surface area contributed by atoms with Gasteiger partial charge in [-0.2, -0.15) is 4.98 Å². The molecule has 6 heteroatoms. The molecule has 0 amide bonds. The van der Waals surface area contributed by atoms with E-state index in [4.69, 9.17) is 4.52 Å². The second kappa shape index (κ2) is 6.24. The van der Waals surface area contributed by atoms with Crippen LogP contribution >= 0.6 is 0 Å². The molecule has 2 rings (SSSR count). The molecule has 1 N–H and O–H groups in total. The van der Waals surface area contributed by atoms with Crippen molar-refractivity contribution in [2.75, 3.05) is 18.0 Å². The van der Waals surface area contributed by atoms with Crippen LogP contribution < -0.4 is 4.90 Å². The molecule has 0 aliphatic heterocycles. The summed E-state index contributed by atoms with van der Waals surface area (Å²) >= 11 is 0. The minimum absolute atomic E-state index is 0.144. The fourth-order valence-electron chi connectivity index (χ4n) is 3.03. The summed E-state index contributed by atoms with van der Waals surface area (Å²) in [5.74, 6) is 0.182. The summed E-state index contributed by atoms with van der Waals surface area (Å²) < 4.78 is 5.34. The smallest absolute Gasteiger partial charge is 0.307 e. The van der Waals surface area contributed by atoms with Gasteiger partial charge in [0.25, 0.3) is 5.95 Å². The van der Waals surface area contributed by atoms with Crippen LogP contribution in [0.3, 0.4) is 0 Å².